The molecule has 2 rings (SSSR count). The number of unbranched alkanes of at least 4 members (excludes halogenated alkanes) is 1. The van der Waals surface area contributed by atoms with Crippen LogP contribution in [-0.2, 0) is 9.59 Å². The number of likely N-dealkylation sites (tertiary alicyclic amines) is 1. The van der Waals surface area contributed by atoms with Crippen LogP contribution >= 0.6 is 0 Å². The van der Waals surface area contributed by atoms with E-state index in [1.54, 1.807) is 4.90 Å². The lowest BCUT2D eigenvalue weighted by Crippen LogP contribution is -2.31. The monoisotopic (exact) mass is 261 g/mol. The number of carbonyl (C=O) groups is 2. The first kappa shape index (κ1) is 13.6. The molecule has 4 nitrogen and oxygen atoms in total. The van der Waals surface area contributed by atoms with Crippen LogP contribution in [0.1, 0.15) is 37.8 Å². The highest BCUT2D eigenvalue weighted by atomic mass is 16.4. The van der Waals surface area contributed by atoms with Gasteiger partial charge in [-0.3, -0.25) is 9.59 Å². The van der Waals surface area contributed by atoms with E-state index >= 15 is 0 Å². The van der Waals surface area contributed by atoms with E-state index in [1.165, 1.54) is 0 Å². The van der Waals surface area contributed by atoms with Gasteiger partial charge < -0.3 is 10.0 Å². The van der Waals surface area contributed by atoms with Crippen LogP contribution in [0.4, 0.5) is 0 Å². The number of amides is 1. The number of carbonyl (C=O) groups excluding carboxylic acids is 1. The maximum Gasteiger partial charge on any atom is 0.309 e. The van der Waals surface area contributed by atoms with Gasteiger partial charge in [0.15, 0.2) is 0 Å². The number of carboxylic acids is 1. The van der Waals surface area contributed by atoms with Crippen molar-refractivity contribution in [2.75, 3.05) is 6.54 Å². The van der Waals surface area contributed by atoms with Gasteiger partial charge in [0.05, 0.1) is 12.0 Å². The normalized spacial score (nSPS) is 22.8. The summed E-state index contributed by atoms with van der Waals surface area (Å²) in [6.07, 6.45) is 2.00. The fourth-order valence-electron chi connectivity index (χ4n) is 2.67. The van der Waals surface area contributed by atoms with E-state index in [9.17, 15) is 14.7 Å². The second kappa shape index (κ2) is 5.87. The zero-order valence-electron chi connectivity index (χ0n) is 11.1. The Labute approximate surface area is 113 Å². The van der Waals surface area contributed by atoms with Crippen LogP contribution in [0.2, 0.25) is 0 Å². The van der Waals surface area contributed by atoms with Gasteiger partial charge in [-0.05, 0) is 12.0 Å². The van der Waals surface area contributed by atoms with E-state index in [-0.39, 0.29) is 18.4 Å². The largest absolute Gasteiger partial charge is 0.481 e. The number of aliphatic carboxylic acids is 1. The van der Waals surface area contributed by atoms with Gasteiger partial charge in [-0.2, -0.15) is 0 Å². The number of nitrogens with zero attached hydrogens (tertiary/aromatic N) is 1. The third-order valence-electron chi connectivity index (χ3n) is 3.64. The summed E-state index contributed by atoms with van der Waals surface area (Å²) >= 11 is 0. The van der Waals surface area contributed by atoms with Crippen LogP contribution in [0.3, 0.4) is 0 Å². The summed E-state index contributed by atoms with van der Waals surface area (Å²) in [4.78, 5) is 25.1. The van der Waals surface area contributed by atoms with Gasteiger partial charge in [0, 0.05) is 13.0 Å². The Morgan fingerprint density at radius 2 is 2.05 bits per heavy atom. The lowest BCUT2D eigenvalue weighted by atomic mass is 9.94. The smallest absolute Gasteiger partial charge is 0.309 e. The minimum absolute atomic E-state index is 0.0466. The number of hydrogen-bond acceptors (Lipinski definition) is 2. The van der Waals surface area contributed by atoms with Crippen molar-refractivity contribution in [2.45, 2.75) is 32.2 Å². The van der Waals surface area contributed by atoms with Crippen molar-refractivity contribution >= 4 is 11.9 Å². The van der Waals surface area contributed by atoms with E-state index in [1.807, 2.05) is 30.3 Å². The fourth-order valence-corrected chi connectivity index (χ4v) is 2.67. The molecule has 2 atom stereocenters. The molecule has 1 N–H and O–H groups in total. The van der Waals surface area contributed by atoms with Crippen molar-refractivity contribution in [1.82, 2.24) is 4.90 Å². The van der Waals surface area contributed by atoms with E-state index in [2.05, 4.69) is 6.92 Å². The molecule has 19 heavy (non-hydrogen) atoms. The average Bonchev–Trinajstić information content (AvgIpc) is 2.74. The minimum atomic E-state index is -0.888. The first-order chi connectivity index (χ1) is 9.15. The van der Waals surface area contributed by atoms with Crippen molar-refractivity contribution in [3.05, 3.63) is 35.9 Å². The summed E-state index contributed by atoms with van der Waals surface area (Å²) in [5.74, 6) is -1.57. The van der Waals surface area contributed by atoms with Crippen molar-refractivity contribution in [1.29, 1.82) is 0 Å². The molecule has 0 bridgehead atoms. The highest BCUT2D eigenvalue weighted by Gasteiger charge is 2.44. The molecular weight excluding hydrogens is 242 g/mol. The van der Waals surface area contributed by atoms with E-state index < -0.39 is 11.9 Å². The molecule has 1 aromatic rings. The molecule has 1 aliphatic heterocycles. The third-order valence-corrected chi connectivity index (χ3v) is 3.64. The highest BCUT2D eigenvalue weighted by Crippen LogP contribution is 2.38. The standard InChI is InChI=1S/C15H19NO3/c1-2-3-9-16-13(17)10-12(15(18)19)14(16)11-7-5-4-6-8-11/h4-8,12,14H,2-3,9-10H2,1H3,(H,18,19). The van der Waals surface area contributed by atoms with Crippen molar-refractivity contribution in [3.63, 3.8) is 0 Å². The zero-order chi connectivity index (χ0) is 13.8. The Hall–Kier alpha value is -1.84. The maximum atomic E-state index is 12.0. The van der Waals surface area contributed by atoms with Gasteiger partial charge in [-0.15, -0.1) is 0 Å². The van der Waals surface area contributed by atoms with Crippen LogP contribution in [0.15, 0.2) is 30.3 Å². The molecule has 0 aromatic heterocycles. The van der Waals surface area contributed by atoms with Gasteiger partial charge in [0.1, 0.15) is 0 Å². The molecule has 1 saturated heterocycles. The maximum absolute atomic E-state index is 12.0. The molecule has 0 radical (unpaired) electrons. The topological polar surface area (TPSA) is 57.6 Å². The SMILES string of the molecule is CCCCN1C(=O)CC(C(=O)O)C1c1ccccc1. The Morgan fingerprint density at radius 1 is 1.37 bits per heavy atom. The number of carboxylic acid groups (broad SMARTS) is 1. The molecule has 0 spiro atoms. The zero-order valence-corrected chi connectivity index (χ0v) is 11.1. The summed E-state index contributed by atoms with van der Waals surface area (Å²) in [7, 11) is 0. The Bertz CT molecular complexity index is 458. The minimum Gasteiger partial charge on any atom is -0.481 e. The lowest BCUT2D eigenvalue weighted by molar-refractivity contribution is -0.142. The van der Waals surface area contributed by atoms with E-state index in [0.717, 1.165) is 18.4 Å². The van der Waals surface area contributed by atoms with E-state index in [4.69, 9.17) is 0 Å². The summed E-state index contributed by atoms with van der Waals surface area (Å²) in [6.45, 7) is 2.70. The molecule has 1 heterocycles. The lowest BCUT2D eigenvalue weighted by Gasteiger charge is -2.27. The van der Waals surface area contributed by atoms with Gasteiger partial charge in [-0.1, -0.05) is 43.7 Å². The molecule has 1 fully saturated rings. The van der Waals surface area contributed by atoms with Crippen LogP contribution in [0, 0.1) is 5.92 Å². The molecule has 1 aliphatic rings. The van der Waals surface area contributed by atoms with Crippen LogP contribution in [0.5, 0.6) is 0 Å². The van der Waals surface area contributed by atoms with Crippen molar-refractivity contribution in [3.8, 4) is 0 Å². The second-order valence-corrected chi connectivity index (χ2v) is 4.95. The van der Waals surface area contributed by atoms with Crippen molar-refractivity contribution in [2.24, 2.45) is 5.92 Å². The molecule has 1 aromatic carbocycles. The molecule has 4 heteroatoms. The van der Waals surface area contributed by atoms with Crippen LogP contribution in [0.25, 0.3) is 0 Å². The van der Waals surface area contributed by atoms with Gasteiger partial charge in [-0.25, -0.2) is 0 Å². The summed E-state index contributed by atoms with van der Waals surface area (Å²) < 4.78 is 0. The van der Waals surface area contributed by atoms with Crippen LogP contribution < -0.4 is 0 Å². The second-order valence-electron chi connectivity index (χ2n) is 4.95. The first-order valence-corrected chi connectivity index (χ1v) is 6.72. The molecule has 0 saturated carbocycles. The number of benzene rings is 1. The predicted octanol–water partition coefficient (Wildman–Crippen LogP) is 2.46. The average molecular weight is 261 g/mol. The van der Waals surface area contributed by atoms with Crippen molar-refractivity contribution < 1.29 is 14.7 Å². The number of rotatable bonds is 5. The van der Waals surface area contributed by atoms with Gasteiger partial charge >= 0.3 is 5.97 Å². The molecule has 102 valence electrons. The first-order valence-electron chi connectivity index (χ1n) is 6.72. The van der Waals surface area contributed by atoms with E-state index in [0.29, 0.717) is 6.54 Å². The van der Waals surface area contributed by atoms with Gasteiger partial charge in [0.2, 0.25) is 5.91 Å². The summed E-state index contributed by atoms with van der Waals surface area (Å²) in [5, 5.41) is 9.33. The Morgan fingerprint density at radius 3 is 2.63 bits per heavy atom. The predicted molar refractivity (Wildman–Crippen MR) is 71.5 cm³/mol. The molecule has 2 unspecified atom stereocenters. The summed E-state index contributed by atoms with van der Waals surface area (Å²) in [6, 6.07) is 9.14. The Balaban J connectivity index is 2.30. The molecule has 1 amide bonds. The quantitative estimate of drug-likeness (QED) is 0.885. The Kier molecular flexibility index (Phi) is 4.20. The number of hydrogen-bond donors (Lipinski definition) is 1. The van der Waals surface area contributed by atoms with Crippen LogP contribution in [-0.4, -0.2) is 28.4 Å². The van der Waals surface area contributed by atoms with Gasteiger partial charge in [0.25, 0.3) is 0 Å². The fraction of sp³-hybridized carbons (Fsp3) is 0.467. The molecule has 0 aliphatic carbocycles. The molecular formula is C15H19NO3. The third kappa shape index (κ3) is 2.78. The highest BCUT2D eigenvalue weighted by molar-refractivity contribution is 5.87. The summed E-state index contributed by atoms with van der Waals surface area (Å²) in [5.41, 5.74) is 0.914.